The Morgan fingerprint density at radius 2 is 1.92 bits per heavy atom. The van der Waals surface area contributed by atoms with Crippen molar-refractivity contribution < 1.29 is 9.90 Å². The highest BCUT2D eigenvalue weighted by Gasteiger charge is 2.21. The van der Waals surface area contributed by atoms with E-state index in [-0.39, 0.29) is 29.1 Å². The van der Waals surface area contributed by atoms with E-state index in [1.54, 1.807) is 24.3 Å². The molecule has 10 heteroatoms. The highest BCUT2D eigenvalue weighted by atomic mass is 35.5. The maximum absolute atomic E-state index is 12.5. The van der Waals surface area contributed by atoms with E-state index in [0.717, 1.165) is 10.4 Å². The summed E-state index contributed by atoms with van der Waals surface area (Å²) in [5.41, 5.74) is 6.43. The molecule has 2 heterocycles. The van der Waals surface area contributed by atoms with Crippen LogP contribution in [0.3, 0.4) is 0 Å². The van der Waals surface area contributed by atoms with Gasteiger partial charge in [-0.3, -0.25) is 4.79 Å². The van der Waals surface area contributed by atoms with Gasteiger partial charge in [0.25, 0.3) is 5.91 Å². The van der Waals surface area contributed by atoms with Gasteiger partial charge in [-0.15, -0.1) is 4.80 Å². The molecule has 9 nitrogen and oxygen atoms in total. The number of carbonyl (C=O) groups is 1. The third-order valence-corrected chi connectivity index (χ3v) is 3.63. The molecular weight excluding hydrogens is 346 g/mol. The molecule has 128 valence electrons. The molecule has 0 saturated heterocycles. The molecule has 0 aliphatic rings. The maximum Gasteiger partial charge on any atom is 0.274 e. The number of halogens is 1. The third-order valence-electron chi connectivity index (χ3n) is 3.38. The highest BCUT2D eigenvalue weighted by Crippen LogP contribution is 2.19. The van der Waals surface area contributed by atoms with Gasteiger partial charge in [-0.25, -0.2) is 9.97 Å². The molecule has 2 aromatic heterocycles. The number of anilines is 1. The largest absolute Gasteiger partial charge is 0.394 e. The molecular formula is C15H14ClN7O2. The van der Waals surface area contributed by atoms with Crippen molar-refractivity contribution in [3.8, 4) is 5.82 Å². The summed E-state index contributed by atoms with van der Waals surface area (Å²) >= 11 is 6.06. The first kappa shape index (κ1) is 16.8. The molecule has 0 bridgehead atoms. The van der Waals surface area contributed by atoms with Crippen molar-refractivity contribution in [3.63, 3.8) is 0 Å². The van der Waals surface area contributed by atoms with Gasteiger partial charge in [-0.05, 0) is 5.56 Å². The Morgan fingerprint density at radius 3 is 2.56 bits per heavy atom. The summed E-state index contributed by atoms with van der Waals surface area (Å²) in [6, 6.07) is 8.42. The van der Waals surface area contributed by atoms with Crippen LogP contribution in [-0.2, 0) is 0 Å². The average Bonchev–Trinajstić information content (AvgIpc) is 3.16. The van der Waals surface area contributed by atoms with Gasteiger partial charge < -0.3 is 16.2 Å². The Bertz CT molecular complexity index is 871. The highest BCUT2D eigenvalue weighted by molar-refractivity contribution is 6.31. The minimum Gasteiger partial charge on any atom is -0.394 e. The van der Waals surface area contributed by atoms with Crippen LogP contribution in [-0.4, -0.2) is 42.6 Å². The molecule has 1 aromatic carbocycles. The Hall–Kier alpha value is -3.04. The summed E-state index contributed by atoms with van der Waals surface area (Å²) in [4.78, 5) is 21.6. The number of hydrogen-bond donors (Lipinski definition) is 3. The second-order valence-electron chi connectivity index (χ2n) is 5.01. The number of aliphatic hydroxyl groups is 1. The molecule has 0 aliphatic carbocycles. The molecule has 3 rings (SSSR count). The number of aliphatic hydroxyl groups excluding tert-OH is 1. The fraction of sp³-hybridized carbons (Fsp3) is 0.133. The molecule has 0 saturated carbocycles. The van der Waals surface area contributed by atoms with Crippen LogP contribution in [0.25, 0.3) is 5.82 Å². The SMILES string of the molecule is Nc1nc(-n2nccn2)c(Cl)nc1C(=O)NC(CO)c1ccccc1. The lowest BCUT2D eigenvalue weighted by Gasteiger charge is -2.17. The van der Waals surface area contributed by atoms with Crippen LogP contribution in [0.15, 0.2) is 42.7 Å². The predicted octanol–water partition coefficient (Wildman–Crippen LogP) is 0.756. The number of nitrogens with zero attached hydrogens (tertiary/aromatic N) is 5. The number of nitrogens with one attached hydrogen (secondary N) is 1. The van der Waals surface area contributed by atoms with Crippen molar-refractivity contribution >= 4 is 23.3 Å². The van der Waals surface area contributed by atoms with Crippen LogP contribution < -0.4 is 11.1 Å². The number of rotatable bonds is 5. The van der Waals surface area contributed by atoms with E-state index in [9.17, 15) is 9.90 Å². The van der Waals surface area contributed by atoms with Gasteiger partial charge in [0.1, 0.15) is 0 Å². The molecule has 0 fully saturated rings. The normalized spacial score (nSPS) is 11.9. The minimum absolute atomic E-state index is 0.0733. The average molecular weight is 360 g/mol. The van der Waals surface area contributed by atoms with E-state index in [0.29, 0.717) is 0 Å². The van der Waals surface area contributed by atoms with Crippen LogP contribution in [0.1, 0.15) is 22.1 Å². The lowest BCUT2D eigenvalue weighted by molar-refractivity contribution is 0.0912. The summed E-state index contributed by atoms with van der Waals surface area (Å²) in [5.74, 6) is -0.615. The van der Waals surface area contributed by atoms with Gasteiger partial charge >= 0.3 is 0 Å². The van der Waals surface area contributed by atoms with Crippen molar-refractivity contribution in [1.82, 2.24) is 30.3 Å². The number of nitrogens with two attached hydrogens (primary N) is 1. The maximum atomic E-state index is 12.5. The lowest BCUT2D eigenvalue weighted by Crippen LogP contribution is -2.32. The molecule has 0 radical (unpaired) electrons. The van der Waals surface area contributed by atoms with Crippen molar-refractivity contribution in [3.05, 3.63) is 59.1 Å². The fourth-order valence-electron chi connectivity index (χ4n) is 2.18. The van der Waals surface area contributed by atoms with Crippen LogP contribution in [0.5, 0.6) is 0 Å². The van der Waals surface area contributed by atoms with Gasteiger partial charge in [-0.2, -0.15) is 10.2 Å². The summed E-state index contributed by atoms with van der Waals surface area (Å²) in [6.45, 7) is -0.286. The molecule has 1 atom stereocenters. The number of benzene rings is 1. The van der Waals surface area contributed by atoms with Crippen molar-refractivity contribution in [1.29, 1.82) is 0 Å². The third kappa shape index (κ3) is 3.57. The summed E-state index contributed by atoms with van der Waals surface area (Å²) in [5, 5.41) is 19.9. The van der Waals surface area contributed by atoms with Crippen LogP contribution in [0.4, 0.5) is 5.82 Å². The molecule has 1 unspecified atom stereocenters. The lowest BCUT2D eigenvalue weighted by atomic mass is 10.1. The molecule has 1 amide bonds. The quantitative estimate of drug-likeness (QED) is 0.612. The minimum atomic E-state index is -0.610. The zero-order valence-electron chi connectivity index (χ0n) is 12.9. The molecule has 0 aliphatic heterocycles. The van der Waals surface area contributed by atoms with E-state index >= 15 is 0 Å². The van der Waals surface area contributed by atoms with Crippen molar-refractivity contribution in [2.45, 2.75) is 6.04 Å². The molecule has 3 aromatic rings. The smallest absolute Gasteiger partial charge is 0.274 e. The van der Waals surface area contributed by atoms with E-state index in [1.165, 1.54) is 12.4 Å². The van der Waals surface area contributed by atoms with Crippen LogP contribution >= 0.6 is 11.6 Å². The number of carbonyl (C=O) groups excluding carboxylic acids is 1. The Labute approximate surface area is 147 Å². The first-order chi connectivity index (χ1) is 12.1. The number of nitrogen functional groups attached to an aromatic ring is 1. The predicted molar refractivity (Wildman–Crippen MR) is 90.1 cm³/mol. The van der Waals surface area contributed by atoms with E-state index in [1.807, 2.05) is 6.07 Å². The Kier molecular flexibility index (Phi) is 4.87. The second-order valence-corrected chi connectivity index (χ2v) is 5.37. The summed E-state index contributed by atoms with van der Waals surface area (Å²) < 4.78 is 0. The van der Waals surface area contributed by atoms with Gasteiger partial charge in [0, 0.05) is 0 Å². The monoisotopic (exact) mass is 359 g/mol. The molecule has 4 N–H and O–H groups in total. The second kappa shape index (κ2) is 7.24. The van der Waals surface area contributed by atoms with Gasteiger partial charge in [-0.1, -0.05) is 41.9 Å². The standard InChI is InChI=1S/C15H14ClN7O2/c16-12-14(23-18-6-7-19-23)22-13(17)11(21-12)15(25)20-10(8-24)9-4-2-1-3-5-9/h1-7,10,24H,8H2,(H2,17,22)(H,20,25). The van der Waals surface area contributed by atoms with Gasteiger partial charge in [0.05, 0.1) is 25.0 Å². The summed E-state index contributed by atoms with van der Waals surface area (Å²) in [7, 11) is 0. The summed E-state index contributed by atoms with van der Waals surface area (Å²) in [6.07, 6.45) is 2.89. The molecule has 25 heavy (non-hydrogen) atoms. The first-order valence-electron chi connectivity index (χ1n) is 7.26. The topological polar surface area (TPSA) is 132 Å². The zero-order chi connectivity index (χ0) is 17.8. The number of amides is 1. The van der Waals surface area contributed by atoms with E-state index in [4.69, 9.17) is 17.3 Å². The number of aromatic nitrogens is 5. The van der Waals surface area contributed by atoms with E-state index in [2.05, 4.69) is 25.5 Å². The van der Waals surface area contributed by atoms with E-state index < -0.39 is 11.9 Å². The molecule has 0 spiro atoms. The Balaban J connectivity index is 1.86. The van der Waals surface area contributed by atoms with Gasteiger partial charge in [0.2, 0.25) is 5.82 Å². The Morgan fingerprint density at radius 1 is 1.24 bits per heavy atom. The zero-order valence-corrected chi connectivity index (χ0v) is 13.6. The van der Waals surface area contributed by atoms with Crippen LogP contribution in [0.2, 0.25) is 5.15 Å². The first-order valence-corrected chi connectivity index (χ1v) is 7.64. The van der Waals surface area contributed by atoms with Crippen molar-refractivity contribution in [2.75, 3.05) is 12.3 Å². The van der Waals surface area contributed by atoms with Gasteiger partial charge in [0.15, 0.2) is 16.7 Å². The number of hydrogen-bond acceptors (Lipinski definition) is 7. The van der Waals surface area contributed by atoms with Crippen molar-refractivity contribution in [2.24, 2.45) is 0 Å². The fourth-order valence-corrected chi connectivity index (χ4v) is 2.39. The van der Waals surface area contributed by atoms with Crippen LogP contribution in [0, 0.1) is 0 Å².